The normalized spacial score (nSPS) is 11.4. The van der Waals surface area contributed by atoms with Gasteiger partial charge in [-0.2, -0.15) is 0 Å². The molecule has 2 rings (SSSR count). The van der Waals surface area contributed by atoms with E-state index in [1.807, 2.05) is 0 Å². The van der Waals surface area contributed by atoms with Crippen molar-refractivity contribution < 1.29 is 12.9 Å². The highest BCUT2D eigenvalue weighted by Gasteiger charge is 2.20. The number of benzene rings is 1. The van der Waals surface area contributed by atoms with Crippen LogP contribution in [0.5, 0.6) is 0 Å². The summed E-state index contributed by atoms with van der Waals surface area (Å²) in [6.45, 7) is 1.67. The lowest BCUT2D eigenvalue weighted by atomic mass is 10.2. The number of nitrogens with two attached hydrogens (primary N) is 1. The first-order valence-corrected chi connectivity index (χ1v) is 6.27. The number of nitrogen functional groups attached to an aromatic ring is 1. The molecule has 0 amide bonds. The zero-order valence-electron chi connectivity index (χ0n) is 9.04. The van der Waals surface area contributed by atoms with Crippen molar-refractivity contribution in [1.82, 2.24) is 5.16 Å². The number of aryl methyl sites for hydroxylation is 1. The fourth-order valence-corrected chi connectivity index (χ4v) is 2.85. The van der Waals surface area contributed by atoms with E-state index in [2.05, 4.69) is 14.4 Å². The molecule has 0 saturated carbocycles. The van der Waals surface area contributed by atoms with Gasteiger partial charge in [0.05, 0.1) is 5.69 Å². The Morgan fingerprint density at radius 2 is 2.12 bits per heavy atom. The molecule has 2 aromatic rings. The molecule has 0 spiro atoms. The van der Waals surface area contributed by atoms with Crippen molar-refractivity contribution in [3.05, 3.63) is 36.1 Å². The highest BCUT2D eigenvalue weighted by molar-refractivity contribution is 7.93. The van der Waals surface area contributed by atoms with Crippen LogP contribution in [0, 0.1) is 6.92 Å². The number of hydrogen-bond acceptors (Lipinski definition) is 5. The van der Waals surface area contributed by atoms with Gasteiger partial charge >= 0.3 is 0 Å². The van der Waals surface area contributed by atoms with Gasteiger partial charge in [0.15, 0.2) is 5.82 Å². The van der Waals surface area contributed by atoms with Crippen molar-refractivity contribution in [2.24, 2.45) is 0 Å². The maximum absolute atomic E-state index is 12.1. The number of anilines is 2. The van der Waals surface area contributed by atoms with Gasteiger partial charge in [-0.25, -0.2) is 8.42 Å². The van der Waals surface area contributed by atoms with E-state index in [1.165, 1.54) is 18.4 Å². The van der Waals surface area contributed by atoms with Crippen LogP contribution in [0.25, 0.3) is 0 Å². The van der Waals surface area contributed by atoms with Gasteiger partial charge in [-0.15, -0.1) is 0 Å². The molecule has 1 heterocycles. The molecule has 0 radical (unpaired) electrons. The van der Waals surface area contributed by atoms with Crippen LogP contribution >= 0.6 is 0 Å². The summed E-state index contributed by atoms with van der Waals surface area (Å²) in [6.07, 6.45) is 1.28. The third kappa shape index (κ3) is 2.23. The van der Waals surface area contributed by atoms with Gasteiger partial charge in [-0.1, -0.05) is 17.3 Å². The first-order valence-electron chi connectivity index (χ1n) is 4.79. The summed E-state index contributed by atoms with van der Waals surface area (Å²) in [6, 6.07) is 6.31. The first-order chi connectivity index (χ1) is 8.00. The van der Waals surface area contributed by atoms with E-state index in [9.17, 15) is 8.42 Å². The Balaban J connectivity index is 2.45. The second-order valence-corrected chi connectivity index (χ2v) is 5.10. The van der Waals surface area contributed by atoms with Crippen LogP contribution in [0.3, 0.4) is 0 Å². The van der Waals surface area contributed by atoms with E-state index >= 15 is 0 Å². The SMILES string of the molecule is Cc1cccc(N)c1S(=O)(=O)Nc1ccon1. The Hall–Kier alpha value is -2.02. The van der Waals surface area contributed by atoms with Crippen LogP contribution in [0.2, 0.25) is 0 Å². The van der Waals surface area contributed by atoms with Crippen molar-refractivity contribution in [2.45, 2.75) is 11.8 Å². The lowest BCUT2D eigenvalue weighted by Gasteiger charge is -2.10. The third-order valence-electron chi connectivity index (χ3n) is 2.19. The van der Waals surface area contributed by atoms with E-state index in [1.54, 1.807) is 19.1 Å². The van der Waals surface area contributed by atoms with E-state index in [-0.39, 0.29) is 16.4 Å². The summed E-state index contributed by atoms with van der Waals surface area (Å²) < 4.78 is 31.0. The Kier molecular flexibility index (Phi) is 2.76. The lowest BCUT2D eigenvalue weighted by Crippen LogP contribution is -2.16. The molecule has 0 bridgehead atoms. The summed E-state index contributed by atoms with van der Waals surface area (Å²) in [5.41, 5.74) is 6.44. The Morgan fingerprint density at radius 1 is 1.35 bits per heavy atom. The molecular formula is C10H11N3O3S. The second-order valence-electron chi connectivity index (χ2n) is 3.48. The molecule has 0 aliphatic carbocycles. The zero-order chi connectivity index (χ0) is 12.5. The van der Waals surface area contributed by atoms with Crippen LogP contribution in [-0.2, 0) is 10.0 Å². The summed E-state index contributed by atoms with van der Waals surface area (Å²) in [4.78, 5) is 0.0583. The number of sulfonamides is 1. The van der Waals surface area contributed by atoms with Gasteiger partial charge in [0.1, 0.15) is 11.2 Å². The molecule has 7 heteroatoms. The van der Waals surface area contributed by atoms with Crippen molar-refractivity contribution >= 4 is 21.5 Å². The summed E-state index contributed by atoms with van der Waals surface area (Å²) in [7, 11) is -3.74. The van der Waals surface area contributed by atoms with Crippen molar-refractivity contribution in [3.8, 4) is 0 Å². The van der Waals surface area contributed by atoms with Gasteiger partial charge in [0.2, 0.25) is 0 Å². The molecule has 90 valence electrons. The minimum absolute atomic E-state index is 0.0583. The number of aromatic nitrogens is 1. The molecule has 1 aromatic heterocycles. The predicted molar refractivity (Wildman–Crippen MR) is 62.9 cm³/mol. The van der Waals surface area contributed by atoms with Crippen LogP contribution in [0.1, 0.15) is 5.56 Å². The molecule has 0 aliphatic rings. The molecule has 17 heavy (non-hydrogen) atoms. The number of nitrogens with one attached hydrogen (secondary N) is 1. The Labute approximate surface area is 98.5 Å². The molecule has 3 N–H and O–H groups in total. The number of hydrogen-bond donors (Lipinski definition) is 2. The Morgan fingerprint density at radius 3 is 2.71 bits per heavy atom. The van der Waals surface area contributed by atoms with Gasteiger partial charge < -0.3 is 10.3 Å². The first kappa shape index (κ1) is 11.5. The highest BCUT2D eigenvalue weighted by Crippen LogP contribution is 2.24. The standard InChI is InChI=1S/C10H11N3O3S/c1-7-3-2-4-8(11)10(7)17(14,15)13-9-5-6-16-12-9/h2-6H,11H2,1H3,(H,12,13). The van der Waals surface area contributed by atoms with Gasteiger partial charge in [0, 0.05) is 6.07 Å². The van der Waals surface area contributed by atoms with Crippen LogP contribution in [-0.4, -0.2) is 13.6 Å². The molecule has 0 saturated heterocycles. The quantitative estimate of drug-likeness (QED) is 0.805. The molecule has 0 unspecified atom stereocenters. The van der Waals surface area contributed by atoms with E-state index in [4.69, 9.17) is 5.73 Å². The summed E-state index contributed by atoms with van der Waals surface area (Å²) >= 11 is 0. The maximum atomic E-state index is 12.1. The van der Waals surface area contributed by atoms with Crippen LogP contribution in [0.15, 0.2) is 39.9 Å². The molecule has 1 aromatic carbocycles. The smallest absolute Gasteiger partial charge is 0.265 e. The molecule has 0 fully saturated rings. The highest BCUT2D eigenvalue weighted by atomic mass is 32.2. The Bertz CT molecular complexity index is 600. The van der Waals surface area contributed by atoms with E-state index in [0.717, 1.165) is 0 Å². The van der Waals surface area contributed by atoms with Crippen molar-refractivity contribution in [3.63, 3.8) is 0 Å². The minimum Gasteiger partial charge on any atom is -0.398 e. The average molecular weight is 253 g/mol. The topological polar surface area (TPSA) is 98.2 Å². The van der Waals surface area contributed by atoms with Crippen molar-refractivity contribution in [2.75, 3.05) is 10.5 Å². The van der Waals surface area contributed by atoms with E-state index in [0.29, 0.717) is 5.56 Å². The lowest BCUT2D eigenvalue weighted by molar-refractivity contribution is 0.423. The maximum Gasteiger partial charge on any atom is 0.265 e. The zero-order valence-corrected chi connectivity index (χ0v) is 9.86. The average Bonchev–Trinajstić information content (AvgIpc) is 2.68. The molecule has 6 nitrogen and oxygen atoms in total. The fourth-order valence-electron chi connectivity index (χ4n) is 1.50. The van der Waals surface area contributed by atoms with Gasteiger partial charge in [-0.3, -0.25) is 4.72 Å². The van der Waals surface area contributed by atoms with Gasteiger partial charge in [0.25, 0.3) is 10.0 Å². The number of rotatable bonds is 3. The molecular weight excluding hydrogens is 242 g/mol. The number of nitrogens with zero attached hydrogens (tertiary/aromatic N) is 1. The second kappa shape index (κ2) is 4.10. The molecule has 0 aliphatic heterocycles. The predicted octanol–water partition coefficient (Wildman–Crippen LogP) is 1.37. The minimum atomic E-state index is -3.74. The van der Waals surface area contributed by atoms with Crippen LogP contribution < -0.4 is 10.5 Å². The largest absolute Gasteiger partial charge is 0.398 e. The van der Waals surface area contributed by atoms with Gasteiger partial charge in [-0.05, 0) is 18.6 Å². The van der Waals surface area contributed by atoms with E-state index < -0.39 is 10.0 Å². The monoisotopic (exact) mass is 253 g/mol. The molecule has 0 atom stereocenters. The van der Waals surface area contributed by atoms with Crippen LogP contribution in [0.4, 0.5) is 11.5 Å². The van der Waals surface area contributed by atoms with Crippen molar-refractivity contribution in [1.29, 1.82) is 0 Å². The summed E-state index contributed by atoms with van der Waals surface area (Å²) in [5, 5.41) is 3.48. The summed E-state index contributed by atoms with van der Waals surface area (Å²) in [5.74, 6) is 0.118. The fraction of sp³-hybridized carbons (Fsp3) is 0.100. The third-order valence-corrected chi connectivity index (χ3v) is 3.76.